The molecular formula is C23H26N2O3. The normalized spacial score (nSPS) is 16.8. The van der Waals surface area contributed by atoms with Crippen molar-refractivity contribution in [3.63, 3.8) is 0 Å². The summed E-state index contributed by atoms with van der Waals surface area (Å²) >= 11 is 0. The largest absolute Gasteiger partial charge is 0.503 e. The first kappa shape index (κ1) is 19.7. The zero-order valence-electron chi connectivity index (χ0n) is 16.7. The Kier molecular flexibility index (Phi) is 5.54. The molecule has 2 aromatic rings. The van der Waals surface area contributed by atoms with Gasteiger partial charge in [-0.2, -0.15) is 0 Å². The predicted molar refractivity (Wildman–Crippen MR) is 112 cm³/mol. The molecular weight excluding hydrogens is 352 g/mol. The maximum absolute atomic E-state index is 12.9. The Morgan fingerprint density at radius 2 is 1.68 bits per heavy atom. The van der Waals surface area contributed by atoms with Crippen LogP contribution in [-0.4, -0.2) is 30.9 Å². The number of Topliss-reactive ketones (excluding diaryl/α,β-unsaturated/α-hetero) is 1. The van der Waals surface area contributed by atoms with Gasteiger partial charge in [0.2, 0.25) is 0 Å². The van der Waals surface area contributed by atoms with E-state index in [2.05, 4.69) is 0 Å². The first-order valence-corrected chi connectivity index (χ1v) is 9.43. The topological polar surface area (TPSA) is 60.9 Å². The standard InChI is InChI=1S/C23H26N2O3/c1-15(2)14-19(26)20-21(16-10-12-17(13-11-16)24(3)4)25(23(28)22(20)27)18-8-6-5-7-9-18/h5-13,15,21,27H,14H2,1-4H3. The van der Waals surface area contributed by atoms with E-state index in [0.29, 0.717) is 5.69 Å². The van der Waals surface area contributed by atoms with Gasteiger partial charge in [0.15, 0.2) is 11.5 Å². The number of carbonyl (C=O) groups is 2. The minimum Gasteiger partial charge on any atom is -0.503 e. The van der Waals surface area contributed by atoms with Crippen LogP contribution < -0.4 is 9.80 Å². The van der Waals surface area contributed by atoms with Gasteiger partial charge in [-0.15, -0.1) is 0 Å². The van der Waals surface area contributed by atoms with Crippen molar-refractivity contribution in [2.75, 3.05) is 23.9 Å². The number of hydrogen-bond donors (Lipinski definition) is 1. The molecule has 1 aliphatic rings. The molecule has 0 saturated heterocycles. The average molecular weight is 378 g/mol. The molecule has 1 amide bonds. The average Bonchev–Trinajstić information content (AvgIpc) is 2.93. The number of ketones is 1. The number of hydrogen-bond acceptors (Lipinski definition) is 4. The first-order chi connectivity index (χ1) is 13.3. The van der Waals surface area contributed by atoms with Crippen LogP contribution in [0, 0.1) is 5.92 Å². The molecule has 1 unspecified atom stereocenters. The highest BCUT2D eigenvalue weighted by Gasteiger charge is 2.44. The van der Waals surface area contributed by atoms with Crippen molar-refractivity contribution in [3.05, 3.63) is 71.5 Å². The summed E-state index contributed by atoms with van der Waals surface area (Å²) in [5.74, 6) is -1.05. The fourth-order valence-electron chi connectivity index (χ4n) is 3.50. The van der Waals surface area contributed by atoms with E-state index < -0.39 is 17.7 Å². The van der Waals surface area contributed by atoms with E-state index in [4.69, 9.17) is 0 Å². The number of carbonyl (C=O) groups excluding carboxylic acids is 2. The van der Waals surface area contributed by atoms with Gasteiger partial charge in [0, 0.05) is 31.9 Å². The Morgan fingerprint density at radius 1 is 1.07 bits per heavy atom. The molecule has 3 rings (SSSR count). The van der Waals surface area contributed by atoms with Crippen molar-refractivity contribution >= 4 is 23.1 Å². The van der Waals surface area contributed by atoms with E-state index in [1.807, 2.05) is 87.4 Å². The molecule has 5 nitrogen and oxygen atoms in total. The van der Waals surface area contributed by atoms with Crippen LogP contribution in [0.3, 0.4) is 0 Å². The first-order valence-electron chi connectivity index (χ1n) is 9.43. The van der Waals surface area contributed by atoms with Gasteiger partial charge in [0.25, 0.3) is 5.91 Å². The minimum atomic E-state index is -0.641. The molecule has 1 atom stereocenters. The number of para-hydroxylation sites is 1. The summed E-state index contributed by atoms with van der Waals surface area (Å²) in [7, 11) is 3.90. The van der Waals surface area contributed by atoms with Gasteiger partial charge >= 0.3 is 0 Å². The highest BCUT2D eigenvalue weighted by atomic mass is 16.3. The number of amides is 1. The lowest BCUT2D eigenvalue weighted by Crippen LogP contribution is -2.31. The number of aliphatic hydroxyl groups excluding tert-OH is 1. The molecule has 0 saturated carbocycles. The molecule has 28 heavy (non-hydrogen) atoms. The lowest BCUT2D eigenvalue weighted by Gasteiger charge is -2.27. The maximum Gasteiger partial charge on any atom is 0.294 e. The van der Waals surface area contributed by atoms with E-state index in [1.54, 1.807) is 0 Å². The van der Waals surface area contributed by atoms with Gasteiger partial charge in [-0.1, -0.05) is 44.2 Å². The Bertz CT molecular complexity index is 899. The molecule has 0 bridgehead atoms. The fourth-order valence-corrected chi connectivity index (χ4v) is 3.50. The second-order valence-corrected chi connectivity index (χ2v) is 7.68. The summed E-state index contributed by atoms with van der Waals surface area (Å²) in [6, 6.07) is 16.2. The Hall–Kier alpha value is -3.08. The van der Waals surface area contributed by atoms with Gasteiger partial charge in [0.05, 0.1) is 11.6 Å². The Balaban J connectivity index is 2.11. The van der Waals surface area contributed by atoms with E-state index in [0.717, 1.165) is 11.3 Å². The third-order valence-electron chi connectivity index (χ3n) is 4.86. The molecule has 1 heterocycles. The Labute approximate surface area is 165 Å². The van der Waals surface area contributed by atoms with Crippen molar-refractivity contribution in [3.8, 4) is 0 Å². The molecule has 1 aliphatic heterocycles. The van der Waals surface area contributed by atoms with E-state index in [-0.39, 0.29) is 23.7 Å². The third kappa shape index (κ3) is 3.65. The van der Waals surface area contributed by atoms with Crippen LogP contribution in [-0.2, 0) is 9.59 Å². The van der Waals surface area contributed by atoms with Crippen molar-refractivity contribution in [2.24, 2.45) is 5.92 Å². The zero-order valence-corrected chi connectivity index (χ0v) is 16.7. The van der Waals surface area contributed by atoms with Crippen LogP contribution in [0.25, 0.3) is 0 Å². The van der Waals surface area contributed by atoms with Gasteiger partial charge < -0.3 is 10.0 Å². The van der Waals surface area contributed by atoms with Gasteiger partial charge in [-0.25, -0.2) is 0 Å². The van der Waals surface area contributed by atoms with Crippen LogP contribution in [0.5, 0.6) is 0 Å². The number of rotatable bonds is 6. The molecule has 0 aliphatic carbocycles. The number of aliphatic hydroxyl groups is 1. The van der Waals surface area contributed by atoms with E-state index >= 15 is 0 Å². The summed E-state index contributed by atoms with van der Waals surface area (Å²) in [6.07, 6.45) is 0.279. The molecule has 1 N–H and O–H groups in total. The molecule has 0 aromatic heterocycles. The minimum absolute atomic E-state index is 0.130. The maximum atomic E-state index is 12.9. The second-order valence-electron chi connectivity index (χ2n) is 7.68. The summed E-state index contributed by atoms with van der Waals surface area (Å²) in [4.78, 5) is 29.4. The molecule has 146 valence electrons. The fraction of sp³-hybridized carbons (Fsp3) is 0.304. The second kappa shape index (κ2) is 7.89. The molecule has 0 spiro atoms. The monoisotopic (exact) mass is 378 g/mol. The summed E-state index contributed by atoms with van der Waals surface area (Å²) in [5, 5.41) is 10.6. The van der Waals surface area contributed by atoms with Crippen LogP contribution in [0.15, 0.2) is 65.9 Å². The van der Waals surface area contributed by atoms with Crippen LogP contribution in [0.2, 0.25) is 0 Å². The van der Waals surface area contributed by atoms with Crippen molar-refractivity contribution in [1.29, 1.82) is 0 Å². The smallest absolute Gasteiger partial charge is 0.294 e. The van der Waals surface area contributed by atoms with Crippen molar-refractivity contribution in [1.82, 2.24) is 0 Å². The Morgan fingerprint density at radius 3 is 2.21 bits per heavy atom. The van der Waals surface area contributed by atoms with Gasteiger partial charge in [-0.05, 0) is 35.7 Å². The van der Waals surface area contributed by atoms with Crippen LogP contribution in [0.1, 0.15) is 31.9 Å². The number of nitrogens with zero attached hydrogens (tertiary/aromatic N) is 2. The van der Waals surface area contributed by atoms with Crippen LogP contribution in [0.4, 0.5) is 11.4 Å². The summed E-state index contributed by atoms with van der Waals surface area (Å²) < 4.78 is 0. The zero-order chi connectivity index (χ0) is 20.4. The lowest BCUT2D eigenvalue weighted by atomic mass is 9.92. The number of benzene rings is 2. The lowest BCUT2D eigenvalue weighted by molar-refractivity contribution is -0.118. The SMILES string of the molecule is CC(C)CC(=O)C1=C(O)C(=O)N(c2ccccc2)C1c1ccc(N(C)C)cc1. The quantitative estimate of drug-likeness (QED) is 0.816. The van der Waals surface area contributed by atoms with Crippen molar-refractivity contribution in [2.45, 2.75) is 26.3 Å². The van der Waals surface area contributed by atoms with E-state index in [9.17, 15) is 14.7 Å². The van der Waals surface area contributed by atoms with Gasteiger partial charge in [-0.3, -0.25) is 14.5 Å². The van der Waals surface area contributed by atoms with Crippen LogP contribution >= 0.6 is 0 Å². The molecule has 5 heteroatoms. The summed E-state index contributed by atoms with van der Waals surface area (Å²) in [5.41, 5.74) is 2.63. The molecule has 0 fully saturated rings. The highest BCUT2D eigenvalue weighted by molar-refractivity contribution is 6.16. The molecule has 0 radical (unpaired) electrons. The summed E-state index contributed by atoms with van der Waals surface area (Å²) in [6.45, 7) is 3.89. The van der Waals surface area contributed by atoms with Gasteiger partial charge in [0.1, 0.15) is 0 Å². The number of anilines is 2. The molecule has 2 aromatic carbocycles. The van der Waals surface area contributed by atoms with Crippen molar-refractivity contribution < 1.29 is 14.7 Å². The van der Waals surface area contributed by atoms with E-state index in [1.165, 1.54) is 4.90 Å². The third-order valence-corrected chi connectivity index (χ3v) is 4.86. The predicted octanol–water partition coefficient (Wildman–Crippen LogP) is 4.27. The highest BCUT2D eigenvalue weighted by Crippen LogP contribution is 2.41.